The van der Waals surface area contributed by atoms with Crippen LogP contribution in [0, 0.1) is 17.6 Å². The normalized spacial score (nSPS) is 18.5. The van der Waals surface area contributed by atoms with Crippen LogP contribution in [0.25, 0.3) is 0 Å². The average molecular weight is 328 g/mol. The molecule has 1 aliphatic rings. The monoisotopic (exact) mass is 328 g/mol. The summed E-state index contributed by atoms with van der Waals surface area (Å²) >= 11 is 0. The van der Waals surface area contributed by atoms with Crippen LogP contribution >= 0.6 is 0 Å². The minimum Gasteiger partial charge on any atom is -0.395 e. The van der Waals surface area contributed by atoms with Crippen molar-refractivity contribution < 1.29 is 19.0 Å². The van der Waals surface area contributed by atoms with Crippen molar-refractivity contribution in [1.82, 2.24) is 9.80 Å². The third kappa shape index (κ3) is 5.49. The van der Waals surface area contributed by atoms with Crippen molar-refractivity contribution in [1.29, 1.82) is 0 Å². The first-order valence-electron chi connectivity index (χ1n) is 8.14. The maximum atomic E-state index is 13.7. The molecule has 0 aromatic heterocycles. The number of benzene rings is 1. The van der Waals surface area contributed by atoms with Gasteiger partial charge in [-0.15, -0.1) is 0 Å². The fourth-order valence-corrected chi connectivity index (χ4v) is 3.21. The summed E-state index contributed by atoms with van der Waals surface area (Å²) in [4.78, 5) is 4.25. The number of β-amino-alcohol motifs (C(OH)–C–C–N with tert-alkyl or cyclic N) is 1. The number of nitrogens with zero attached hydrogens (tertiary/aromatic N) is 2. The van der Waals surface area contributed by atoms with Crippen LogP contribution < -0.4 is 0 Å². The Morgan fingerprint density at radius 1 is 1.30 bits per heavy atom. The summed E-state index contributed by atoms with van der Waals surface area (Å²) in [5.41, 5.74) is 0.135. The largest absolute Gasteiger partial charge is 0.395 e. The molecule has 1 heterocycles. The molecule has 0 spiro atoms. The summed E-state index contributed by atoms with van der Waals surface area (Å²) in [6.45, 7) is 4.04. The molecule has 0 unspecified atom stereocenters. The van der Waals surface area contributed by atoms with E-state index < -0.39 is 17.7 Å². The third-order valence-corrected chi connectivity index (χ3v) is 4.50. The molecular formula is C17H26F2N2O2. The third-order valence-electron chi connectivity index (χ3n) is 4.50. The van der Waals surface area contributed by atoms with Gasteiger partial charge < -0.3 is 20.0 Å². The fraction of sp³-hybridized carbons (Fsp3) is 0.647. The first kappa shape index (κ1) is 18.3. The topological polar surface area (TPSA) is 46.9 Å². The number of hydrogen-bond acceptors (Lipinski definition) is 4. The van der Waals surface area contributed by atoms with Gasteiger partial charge in [-0.05, 0) is 45.0 Å². The first-order chi connectivity index (χ1) is 11.0. The van der Waals surface area contributed by atoms with Crippen LogP contribution in [-0.4, -0.2) is 66.4 Å². The average Bonchev–Trinajstić information content (AvgIpc) is 2.49. The second-order valence-corrected chi connectivity index (χ2v) is 6.41. The minimum atomic E-state index is -0.963. The molecule has 6 heteroatoms. The lowest BCUT2D eigenvalue weighted by atomic mass is 9.96. The molecule has 2 rings (SSSR count). The molecular weight excluding hydrogens is 302 g/mol. The molecule has 0 amide bonds. The predicted octanol–water partition coefficient (Wildman–Crippen LogP) is 1.63. The molecule has 2 N–H and O–H groups in total. The number of likely N-dealkylation sites (N-methyl/N-ethyl adjacent to an activating group) is 1. The van der Waals surface area contributed by atoms with E-state index in [0.29, 0.717) is 12.5 Å². The zero-order chi connectivity index (χ0) is 16.8. The Morgan fingerprint density at radius 2 is 2.00 bits per heavy atom. The number of hydrogen-bond donors (Lipinski definition) is 2. The molecule has 1 saturated heterocycles. The van der Waals surface area contributed by atoms with Gasteiger partial charge in [0.2, 0.25) is 0 Å². The van der Waals surface area contributed by atoms with E-state index in [4.69, 9.17) is 5.11 Å². The van der Waals surface area contributed by atoms with Crippen LogP contribution in [0.2, 0.25) is 0 Å². The summed E-state index contributed by atoms with van der Waals surface area (Å²) in [5.74, 6) is -0.801. The molecule has 0 radical (unpaired) electrons. The van der Waals surface area contributed by atoms with Crippen molar-refractivity contribution in [3.63, 3.8) is 0 Å². The molecule has 130 valence electrons. The zero-order valence-corrected chi connectivity index (χ0v) is 13.6. The van der Waals surface area contributed by atoms with Crippen molar-refractivity contribution in [2.75, 3.05) is 46.4 Å². The Labute approximate surface area is 136 Å². The second-order valence-electron chi connectivity index (χ2n) is 6.41. The smallest absolute Gasteiger partial charge is 0.131 e. The van der Waals surface area contributed by atoms with Crippen molar-refractivity contribution in [3.8, 4) is 0 Å². The van der Waals surface area contributed by atoms with E-state index in [-0.39, 0.29) is 12.2 Å². The molecule has 1 aliphatic heterocycles. The zero-order valence-electron chi connectivity index (χ0n) is 13.6. The summed E-state index contributed by atoms with van der Waals surface area (Å²) in [6.07, 6.45) is 1.16. The van der Waals surface area contributed by atoms with Gasteiger partial charge in [0.05, 0.1) is 12.7 Å². The van der Waals surface area contributed by atoms with Crippen molar-refractivity contribution >= 4 is 0 Å². The summed E-state index contributed by atoms with van der Waals surface area (Å²) in [5, 5.41) is 19.1. The Bertz CT molecular complexity index is 493. The van der Waals surface area contributed by atoms with Crippen molar-refractivity contribution in [2.24, 2.45) is 5.92 Å². The van der Waals surface area contributed by atoms with Gasteiger partial charge in [0.1, 0.15) is 11.6 Å². The minimum absolute atomic E-state index is 0.135. The van der Waals surface area contributed by atoms with E-state index in [1.807, 2.05) is 11.9 Å². The van der Waals surface area contributed by atoms with Gasteiger partial charge in [0.15, 0.2) is 0 Å². The van der Waals surface area contributed by atoms with E-state index in [1.54, 1.807) is 0 Å². The van der Waals surface area contributed by atoms with Crippen LogP contribution in [0.15, 0.2) is 18.2 Å². The van der Waals surface area contributed by atoms with Gasteiger partial charge in [-0.3, -0.25) is 0 Å². The summed E-state index contributed by atoms with van der Waals surface area (Å²) < 4.78 is 26.6. The lowest BCUT2D eigenvalue weighted by molar-refractivity contribution is 0.0950. The molecule has 1 fully saturated rings. The molecule has 0 saturated carbocycles. The highest BCUT2D eigenvalue weighted by atomic mass is 19.1. The quantitative estimate of drug-likeness (QED) is 0.799. The highest BCUT2D eigenvalue weighted by Crippen LogP contribution is 2.21. The Kier molecular flexibility index (Phi) is 6.89. The number of likely N-dealkylation sites (tertiary alicyclic amines) is 1. The van der Waals surface area contributed by atoms with Crippen molar-refractivity contribution in [2.45, 2.75) is 18.9 Å². The SMILES string of the molecule is CN(CC1CCN(CCO)CC1)C[C@@H](O)c1ccc(F)cc1F. The molecule has 23 heavy (non-hydrogen) atoms. The van der Waals surface area contributed by atoms with Gasteiger partial charge in [-0.25, -0.2) is 8.78 Å². The molecule has 1 aromatic rings. The van der Waals surface area contributed by atoms with E-state index in [9.17, 15) is 13.9 Å². The van der Waals surface area contributed by atoms with Gasteiger partial charge >= 0.3 is 0 Å². The number of aliphatic hydroxyl groups excluding tert-OH is 2. The number of aliphatic hydroxyl groups is 2. The maximum absolute atomic E-state index is 13.7. The highest BCUT2D eigenvalue weighted by molar-refractivity contribution is 5.21. The Balaban J connectivity index is 1.79. The van der Waals surface area contributed by atoms with E-state index in [2.05, 4.69) is 4.90 Å². The Hall–Kier alpha value is -1.08. The van der Waals surface area contributed by atoms with Crippen LogP contribution in [0.5, 0.6) is 0 Å². The number of halogens is 2. The predicted molar refractivity (Wildman–Crippen MR) is 85.1 cm³/mol. The maximum Gasteiger partial charge on any atom is 0.131 e. The van der Waals surface area contributed by atoms with Crippen molar-refractivity contribution in [3.05, 3.63) is 35.4 Å². The number of rotatable bonds is 7. The summed E-state index contributed by atoms with van der Waals surface area (Å²) in [7, 11) is 1.91. The number of piperidine rings is 1. The lowest BCUT2D eigenvalue weighted by Crippen LogP contribution is -2.39. The fourth-order valence-electron chi connectivity index (χ4n) is 3.21. The highest BCUT2D eigenvalue weighted by Gasteiger charge is 2.22. The van der Waals surface area contributed by atoms with Gasteiger partial charge in [0.25, 0.3) is 0 Å². The van der Waals surface area contributed by atoms with Gasteiger partial charge in [-0.2, -0.15) is 0 Å². The summed E-state index contributed by atoms with van der Waals surface area (Å²) in [6, 6.07) is 3.27. The molecule has 1 atom stereocenters. The second kappa shape index (κ2) is 8.68. The molecule has 1 aromatic carbocycles. The van der Waals surface area contributed by atoms with Crippen LogP contribution in [-0.2, 0) is 0 Å². The van der Waals surface area contributed by atoms with Crippen LogP contribution in [0.3, 0.4) is 0 Å². The molecule has 4 nitrogen and oxygen atoms in total. The molecule has 0 bridgehead atoms. The van der Waals surface area contributed by atoms with Crippen LogP contribution in [0.4, 0.5) is 8.78 Å². The van der Waals surface area contributed by atoms with Gasteiger partial charge in [0, 0.05) is 31.3 Å². The first-order valence-corrected chi connectivity index (χ1v) is 8.14. The van der Waals surface area contributed by atoms with E-state index >= 15 is 0 Å². The van der Waals surface area contributed by atoms with Crippen LogP contribution in [0.1, 0.15) is 24.5 Å². The molecule has 0 aliphatic carbocycles. The van der Waals surface area contributed by atoms with E-state index in [0.717, 1.165) is 45.1 Å². The standard InChI is InChI=1S/C17H26F2N2O2/c1-20(11-13-4-6-21(7-5-13)8-9-22)12-17(23)15-3-2-14(18)10-16(15)19/h2-3,10,13,17,22-23H,4-9,11-12H2,1H3/t17-/m1/s1. The Morgan fingerprint density at radius 3 is 2.61 bits per heavy atom. The van der Waals surface area contributed by atoms with Gasteiger partial charge in [-0.1, -0.05) is 6.07 Å². The van der Waals surface area contributed by atoms with E-state index in [1.165, 1.54) is 12.1 Å². The lowest BCUT2D eigenvalue weighted by Gasteiger charge is -2.34.